The van der Waals surface area contributed by atoms with Crippen LogP contribution in [0.1, 0.15) is 5.82 Å². The van der Waals surface area contributed by atoms with Crippen LogP contribution in [0.25, 0.3) is 0 Å². The average molecular weight is 408 g/mol. The predicted octanol–water partition coefficient (Wildman–Crippen LogP) is 1.32. The van der Waals surface area contributed by atoms with Gasteiger partial charge in [-0.1, -0.05) is 0 Å². The van der Waals surface area contributed by atoms with E-state index in [2.05, 4.69) is 9.97 Å². The number of aromatic nitrogens is 2. The van der Waals surface area contributed by atoms with Crippen LogP contribution in [0.3, 0.4) is 0 Å². The number of nitrogens with zero attached hydrogens (tertiary/aromatic N) is 4. The van der Waals surface area contributed by atoms with Crippen LogP contribution in [0.5, 0.6) is 17.4 Å². The van der Waals surface area contributed by atoms with Crippen LogP contribution in [-0.2, 0) is 10.0 Å². The van der Waals surface area contributed by atoms with Crippen LogP contribution in [0.4, 0.5) is 5.82 Å². The Balaban J connectivity index is 1.78. The van der Waals surface area contributed by atoms with Gasteiger partial charge in [0.05, 0.1) is 21.3 Å². The molecule has 0 amide bonds. The van der Waals surface area contributed by atoms with Gasteiger partial charge in [-0.25, -0.2) is 13.4 Å². The maximum absolute atomic E-state index is 13.1. The number of sulfonamides is 1. The fourth-order valence-electron chi connectivity index (χ4n) is 3.08. The first kappa shape index (κ1) is 20.2. The van der Waals surface area contributed by atoms with Crippen molar-refractivity contribution < 1.29 is 22.6 Å². The molecule has 3 rings (SSSR count). The lowest BCUT2D eigenvalue weighted by atomic mass is 10.3. The number of benzene rings is 1. The van der Waals surface area contributed by atoms with E-state index >= 15 is 0 Å². The van der Waals surface area contributed by atoms with Crippen molar-refractivity contribution in [2.75, 3.05) is 52.4 Å². The van der Waals surface area contributed by atoms with E-state index in [1.807, 2.05) is 4.90 Å². The second kappa shape index (κ2) is 8.19. The summed E-state index contributed by atoms with van der Waals surface area (Å²) < 4.78 is 43.3. The number of hydrogen-bond donors (Lipinski definition) is 0. The first-order valence-electron chi connectivity index (χ1n) is 8.76. The van der Waals surface area contributed by atoms with E-state index in [4.69, 9.17) is 14.2 Å². The lowest BCUT2D eigenvalue weighted by molar-refractivity contribution is 0.368. The maximum atomic E-state index is 13.1. The zero-order valence-electron chi connectivity index (χ0n) is 16.4. The molecule has 0 N–H and O–H groups in total. The van der Waals surface area contributed by atoms with Crippen molar-refractivity contribution in [3.8, 4) is 17.4 Å². The molecule has 0 atom stereocenters. The fraction of sp³-hybridized carbons (Fsp3) is 0.444. The van der Waals surface area contributed by atoms with Crippen molar-refractivity contribution >= 4 is 15.8 Å². The molecule has 1 saturated heterocycles. The Labute approximate surface area is 164 Å². The minimum absolute atomic E-state index is 0.129. The zero-order chi connectivity index (χ0) is 20.3. The summed E-state index contributed by atoms with van der Waals surface area (Å²) in [5.74, 6) is 2.61. The highest BCUT2D eigenvalue weighted by atomic mass is 32.2. The highest BCUT2D eigenvalue weighted by Gasteiger charge is 2.31. The highest BCUT2D eigenvalue weighted by molar-refractivity contribution is 7.89. The molecule has 0 aliphatic carbocycles. The first-order chi connectivity index (χ1) is 13.4. The summed E-state index contributed by atoms with van der Waals surface area (Å²) >= 11 is 0. The van der Waals surface area contributed by atoms with Gasteiger partial charge in [-0.3, -0.25) is 0 Å². The van der Waals surface area contributed by atoms with E-state index in [9.17, 15) is 8.42 Å². The Morgan fingerprint density at radius 2 is 1.64 bits per heavy atom. The van der Waals surface area contributed by atoms with Crippen molar-refractivity contribution in [1.82, 2.24) is 14.3 Å². The maximum Gasteiger partial charge on any atom is 0.246 e. The van der Waals surface area contributed by atoms with Crippen molar-refractivity contribution in [2.24, 2.45) is 0 Å². The molecule has 0 unspecified atom stereocenters. The Bertz CT molecular complexity index is 943. The number of rotatable bonds is 6. The van der Waals surface area contributed by atoms with Gasteiger partial charge in [-0.2, -0.15) is 9.29 Å². The molecule has 28 heavy (non-hydrogen) atoms. The summed E-state index contributed by atoms with van der Waals surface area (Å²) in [6.07, 6.45) is 0. The van der Waals surface area contributed by atoms with Crippen LogP contribution in [-0.4, -0.2) is 70.2 Å². The molecule has 0 saturated carbocycles. The summed E-state index contributed by atoms with van der Waals surface area (Å²) in [4.78, 5) is 10.8. The van der Waals surface area contributed by atoms with E-state index in [-0.39, 0.29) is 10.6 Å². The largest absolute Gasteiger partial charge is 0.497 e. The molecule has 1 aromatic heterocycles. The summed E-state index contributed by atoms with van der Waals surface area (Å²) in [5.41, 5.74) is 0. The first-order valence-corrected chi connectivity index (χ1v) is 10.2. The SMILES string of the molecule is COc1ccc(S(=O)(=O)N2CCN(c3cc(OC)nc(C)n3)CC2)c(OC)c1. The number of methoxy groups -OCH3 is 3. The summed E-state index contributed by atoms with van der Waals surface area (Å²) in [5, 5.41) is 0. The number of piperazine rings is 1. The van der Waals surface area contributed by atoms with Gasteiger partial charge in [0.25, 0.3) is 0 Å². The highest BCUT2D eigenvalue weighted by Crippen LogP contribution is 2.31. The lowest BCUT2D eigenvalue weighted by Gasteiger charge is -2.35. The number of aryl methyl sites for hydroxylation is 1. The van der Waals surface area contributed by atoms with Gasteiger partial charge >= 0.3 is 0 Å². The predicted molar refractivity (Wildman–Crippen MR) is 104 cm³/mol. The zero-order valence-corrected chi connectivity index (χ0v) is 17.2. The second-order valence-corrected chi connectivity index (χ2v) is 8.13. The molecular formula is C18H24N4O5S. The topological polar surface area (TPSA) is 94.1 Å². The van der Waals surface area contributed by atoms with E-state index in [0.717, 1.165) is 5.82 Å². The smallest absolute Gasteiger partial charge is 0.246 e. The van der Waals surface area contributed by atoms with Crippen molar-refractivity contribution in [2.45, 2.75) is 11.8 Å². The van der Waals surface area contributed by atoms with Gasteiger partial charge in [0.1, 0.15) is 28.0 Å². The number of ether oxygens (including phenoxy) is 3. The molecule has 0 spiro atoms. The van der Waals surface area contributed by atoms with Crippen molar-refractivity contribution in [1.29, 1.82) is 0 Å². The molecule has 9 nitrogen and oxygen atoms in total. The molecule has 1 aliphatic rings. The van der Waals surface area contributed by atoms with Gasteiger partial charge in [-0.15, -0.1) is 0 Å². The monoisotopic (exact) mass is 408 g/mol. The Morgan fingerprint density at radius 3 is 2.25 bits per heavy atom. The van der Waals surface area contributed by atoms with Crippen LogP contribution < -0.4 is 19.1 Å². The van der Waals surface area contributed by atoms with E-state index in [1.165, 1.54) is 24.6 Å². The van der Waals surface area contributed by atoms with Crippen molar-refractivity contribution in [3.05, 3.63) is 30.1 Å². The van der Waals surface area contributed by atoms with Gasteiger partial charge in [-0.05, 0) is 19.1 Å². The van der Waals surface area contributed by atoms with Gasteiger partial charge in [0.15, 0.2) is 0 Å². The summed E-state index contributed by atoms with van der Waals surface area (Å²) in [6.45, 7) is 3.49. The molecule has 2 aromatic rings. The summed E-state index contributed by atoms with van der Waals surface area (Å²) in [7, 11) is 0.827. The van der Waals surface area contributed by atoms with E-state index in [0.29, 0.717) is 43.6 Å². The number of hydrogen-bond acceptors (Lipinski definition) is 8. The molecule has 0 bridgehead atoms. The number of anilines is 1. The van der Waals surface area contributed by atoms with Gasteiger partial charge in [0, 0.05) is 38.3 Å². The molecule has 2 heterocycles. The Kier molecular flexibility index (Phi) is 5.90. The van der Waals surface area contributed by atoms with Crippen LogP contribution >= 0.6 is 0 Å². The standard InChI is InChI=1S/C18H24N4O5S/c1-13-19-17(12-18(20-13)27-4)21-7-9-22(10-8-21)28(23,24)16-6-5-14(25-2)11-15(16)26-3/h5-6,11-12H,7-10H2,1-4H3. The van der Waals surface area contributed by atoms with Crippen LogP contribution in [0, 0.1) is 6.92 Å². The third-order valence-electron chi connectivity index (χ3n) is 4.56. The average Bonchev–Trinajstić information content (AvgIpc) is 2.72. The quantitative estimate of drug-likeness (QED) is 0.707. The van der Waals surface area contributed by atoms with E-state index in [1.54, 1.807) is 32.2 Å². The summed E-state index contributed by atoms with van der Waals surface area (Å²) in [6, 6.07) is 6.45. The Hall–Kier alpha value is -2.59. The normalized spacial score (nSPS) is 15.4. The molecule has 1 fully saturated rings. The molecule has 0 radical (unpaired) electrons. The lowest BCUT2D eigenvalue weighted by Crippen LogP contribution is -2.49. The van der Waals surface area contributed by atoms with Crippen molar-refractivity contribution in [3.63, 3.8) is 0 Å². The Morgan fingerprint density at radius 1 is 0.929 bits per heavy atom. The van der Waals surface area contributed by atoms with Gasteiger partial charge < -0.3 is 19.1 Å². The molecule has 1 aliphatic heterocycles. The van der Waals surface area contributed by atoms with E-state index < -0.39 is 10.0 Å². The van der Waals surface area contributed by atoms with Gasteiger partial charge in [0.2, 0.25) is 15.9 Å². The fourth-order valence-corrected chi connectivity index (χ4v) is 4.64. The third kappa shape index (κ3) is 3.97. The molecule has 1 aromatic carbocycles. The van der Waals surface area contributed by atoms with Crippen LogP contribution in [0.15, 0.2) is 29.2 Å². The molecule has 152 valence electrons. The minimum atomic E-state index is -3.69. The van der Waals surface area contributed by atoms with Crippen LogP contribution in [0.2, 0.25) is 0 Å². The minimum Gasteiger partial charge on any atom is -0.497 e. The second-order valence-electron chi connectivity index (χ2n) is 6.22. The molecular weight excluding hydrogens is 384 g/mol. The molecule has 10 heteroatoms. The third-order valence-corrected chi connectivity index (χ3v) is 6.50.